The molecule has 31 heavy (non-hydrogen) atoms. The predicted octanol–water partition coefficient (Wildman–Crippen LogP) is 4.16. The molecule has 1 aromatic heterocycles. The van der Waals surface area contributed by atoms with Gasteiger partial charge in [0.15, 0.2) is 5.70 Å². The highest BCUT2D eigenvalue weighted by Crippen LogP contribution is 2.27. The van der Waals surface area contributed by atoms with E-state index < -0.39 is 10.9 Å². The van der Waals surface area contributed by atoms with Crippen LogP contribution in [0.3, 0.4) is 0 Å². The minimum atomic E-state index is -0.616. The second-order valence-corrected chi connectivity index (χ2v) is 6.60. The van der Waals surface area contributed by atoms with Gasteiger partial charge in [0.1, 0.15) is 11.5 Å². The van der Waals surface area contributed by atoms with Crippen molar-refractivity contribution in [2.24, 2.45) is 4.99 Å². The molecule has 1 aliphatic rings. The Morgan fingerprint density at radius 2 is 1.71 bits per heavy atom. The lowest BCUT2D eigenvalue weighted by atomic mass is 10.1. The number of nitrogens with zero attached hydrogens (tertiary/aromatic N) is 2. The van der Waals surface area contributed by atoms with Crippen molar-refractivity contribution in [3.05, 3.63) is 87.8 Å². The Bertz CT molecular complexity index is 1240. The number of cyclic esters (lactones) is 1. The number of hydrogen-bond acceptors (Lipinski definition) is 7. The van der Waals surface area contributed by atoms with Gasteiger partial charge in [-0.2, -0.15) is 0 Å². The largest absolute Gasteiger partial charge is 0.457 e. The lowest BCUT2D eigenvalue weighted by molar-refractivity contribution is -0.384. The minimum absolute atomic E-state index is 0.0154. The Morgan fingerprint density at radius 3 is 2.35 bits per heavy atom. The van der Waals surface area contributed by atoms with Crippen molar-refractivity contribution in [1.82, 2.24) is 0 Å². The van der Waals surface area contributed by atoms with Gasteiger partial charge in [0.2, 0.25) is 11.8 Å². The zero-order chi connectivity index (χ0) is 22.0. The van der Waals surface area contributed by atoms with E-state index in [-0.39, 0.29) is 23.2 Å². The van der Waals surface area contributed by atoms with E-state index in [4.69, 9.17) is 9.15 Å². The summed E-state index contributed by atoms with van der Waals surface area (Å²) >= 11 is 0. The van der Waals surface area contributed by atoms with E-state index >= 15 is 0 Å². The van der Waals surface area contributed by atoms with E-state index in [1.165, 1.54) is 25.1 Å². The first-order valence-corrected chi connectivity index (χ1v) is 9.14. The van der Waals surface area contributed by atoms with Crippen LogP contribution in [0.4, 0.5) is 11.4 Å². The predicted molar refractivity (Wildman–Crippen MR) is 112 cm³/mol. The maximum absolute atomic E-state index is 12.2. The summed E-state index contributed by atoms with van der Waals surface area (Å²) in [4.78, 5) is 37.8. The Hall–Kier alpha value is -4.53. The summed E-state index contributed by atoms with van der Waals surface area (Å²) in [5.41, 5.74) is 1.92. The molecule has 0 radical (unpaired) electrons. The molecule has 0 aliphatic carbocycles. The van der Waals surface area contributed by atoms with E-state index in [0.29, 0.717) is 28.3 Å². The van der Waals surface area contributed by atoms with Crippen molar-refractivity contribution in [2.45, 2.75) is 6.92 Å². The molecule has 154 valence electrons. The number of benzene rings is 2. The third-order valence-corrected chi connectivity index (χ3v) is 4.34. The molecule has 1 amide bonds. The molecule has 0 spiro atoms. The van der Waals surface area contributed by atoms with Crippen LogP contribution in [0, 0.1) is 10.1 Å². The van der Waals surface area contributed by atoms with Gasteiger partial charge in [-0.05, 0) is 48.5 Å². The molecular formula is C22H15N3O6. The summed E-state index contributed by atoms with van der Waals surface area (Å²) in [5.74, 6) is 0.216. The molecule has 1 N–H and O–H groups in total. The van der Waals surface area contributed by atoms with Gasteiger partial charge in [-0.3, -0.25) is 14.9 Å². The molecule has 0 bridgehead atoms. The summed E-state index contributed by atoms with van der Waals surface area (Å²) in [7, 11) is 0. The maximum Gasteiger partial charge on any atom is 0.363 e. The minimum Gasteiger partial charge on any atom is -0.457 e. The van der Waals surface area contributed by atoms with Crippen LogP contribution in [-0.4, -0.2) is 22.7 Å². The smallest absolute Gasteiger partial charge is 0.363 e. The standard InChI is InChI=1S/C22H15N3O6/c1-13(26)23-16-6-2-15(3-7-16)21-24-19(22(27)31-21)12-18-10-11-20(30-18)14-4-8-17(9-5-14)25(28)29/h2-12H,1H3,(H,23,26)/b19-12+. The summed E-state index contributed by atoms with van der Waals surface area (Å²) in [6.07, 6.45) is 1.45. The van der Waals surface area contributed by atoms with Crippen molar-refractivity contribution in [1.29, 1.82) is 0 Å². The van der Waals surface area contributed by atoms with Gasteiger partial charge in [-0.25, -0.2) is 9.79 Å². The number of esters is 1. The lowest BCUT2D eigenvalue weighted by Crippen LogP contribution is -2.07. The molecule has 0 saturated heterocycles. The number of rotatable bonds is 5. The average Bonchev–Trinajstić information content (AvgIpc) is 3.35. The highest BCUT2D eigenvalue weighted by Gasteiger charge is 2.24. The monoisotopic (exact) mass is 417 g/mol. The first kappa shape index (κ1) is 19.8. The molecule has 0 atom stereocenters. The highest BCUT2D eigenvalue weighted by atomic mass is 16.6. The summed E-state index contributed by atoms with van der Waals surface area (Å²) in [5, 5.41) is 13.4. The van der Waals surface area contributed by atoms with Crippen molar-refractivity contribution in [3.63, 3.8) is 0 Å². The number of anilines is 1. The van der Waals surface area contributed by atoms with Gasteiger partial charge in [-0.1, -0.05) is 0 Å². The number of amides is 1. The van der Waals surface area contributed by atoms with Gasteiger partial charge in [0, 0.05) is 41.9 Å². The van der Waals surface area contributed by atoms with E-state index in [1.54, 1.807) is 48.5 Å². The maximum atomic E-state index is 12.2. The zero-order valence-electron chi connectivity index (χ0n) is 16.2. The quantitative estimate of drug-likeness (QED) is 0.288. The molecule has 0 fully saturated rings. The van der Waals surface area contributed by atoms with Gasteiger partial charge < -0.3 is 14.5 Å². The number of nitro groups is 1. The normalized spacial score (nSPS) is 14.3. The fraction of sp³-hybridized carbons (Fsp3) is 0.0455. The number of hydrogen-bond donors (Lipinski definition) is 1. The molecule has 2 heterocycles. The average molecular weight is 417 g/mol. The van der Waals surface area contributed by atoms with Crippen LogP contribution in [0.2, 0.25) is 0 Å². The molecule has 0 saturated carbocycles. The summed E-state index contributed by atoms with van der Waals surface area (Å²) < 4.78 is 10.9. The number of carbonyl (C=O) groups excluding carboxylic acids is 2. The number of nitro benzene ring substituents is 1. The van der Waals surface area contributed by atoms with Crippen LogP contribution in [0.25, 0.3) is 17.4 Å². The molecule has 9 heteroatoms. The fourth-order valence-electron chi connectivity index (χ4n) is 2.90. The molecule has 3 aromatic rings. The Balaban J connectivity index is 1.53. The zero-order valence-corrected chi connectivity index (χ0v) is 16.2. The molecule has 4 rings (SSSR count). The SMILES string of the molecule is CC(=O)Nc1ccc(C2=N/C(=C/c3ccc(-c4ccc([N+](=O)[O-])cc4)o3)C(=O)O2)cc1. The third-order valence-electron chi connectivity index (χ3n) is 4.34. The van der Waals surface area contributed by atoms with Crippen molar-refractivity contribution < 1.29 is 23.7 Å². The van der Waals surface area contributed by atoms with Crippen LogP contribution in [0.5, 0.6) is 0 Å². The van der Waals surface area contributed by atoms with Gasteiger partial charge in [0.25, 0.3) is 5.69 Å². The number of carbonyl (C=O) groups is 2. The number of furan rings is 1. The van der Waals surface area contributed by atoms with Gasteiger partial charge in [0.05, 0.1) is 4.92 Å². The van der Waals surface area contributed by atoms with E-state index in [2.05, 4.69) is 10.3 Å². The Kier molecular flexibility index (Phi) is 5.15. The van der Waals surface area contributed by atoms with Crippen LogP contribution in [-0.2, 0) is 14.3 Å². The van der Waals surface area contributed by atoms with E-state index in [1.807, 2.05) is 0 Å². The van der Waals surface area contributed by atoms with Gasteiger partial charge >= 0.3 is 5.97 Å². The lowest BCUT2D eigenvalue weighted by Gasteiger charge is -2.03. The van der Waals surface area contributed by atoms with E-state index in [0.717, 1.165) is 0 Å². The number of ether oxygens (including phenoxy) is 1. The topological polar surface area (TPSA) is 124 Å². The summed E-state index contributed by atoms with van der Waals surface area (Å²) in [6.45, 7) is 1.41. The van der Waals surface area contributed by atoms with Crippen LogP contribution in [0.1, 0.15) is 18.2 Å². The number of aliphatic imine (C=N–C) groups is 1. The van der Waals surface area contributed by atoms with Crippen LogP contribution >= 0.6 is 0 Å². The van der Waals surface area contributed by atoms with E-state index in [9.17, 15) is 19.7 Å². The fourth-order valence-corrected chi connectivity index (χ4v) is 2.90. The third kappa shape index (κ3) is 4.40. The van der Waals surface area contributed by atoms with Crippen molar-refractivity contribution in [2.75, 3.05) is 5.32 Å². The number of non-ortho nitro benzene ring substituents is 1. The first-order valence-electron chi connectivity index (χ1n) is 9.14. The first-order chi connectivity index (χ1) is 14.9. The molecule has 9 nitrogen and oxygen atoms in total. The molecule has 1 aliphatic heterocycles. The van der Waals surface area contributed by atoms with Crippen LogP contribution < -0.4 is 5.32 Å². The molecule has 2 aromatic carbocycles. The molecular weight excluding hydrogens is 402 g/mol. The second kappa shape index (κ2) is 8.07. The van der Waals surface area contributed by atoms with Crippen molar-refractivity contribution in [3.8, 4) is 11.3 Å². The highest BCUT2D eigenvalue weighted by molar-refractivity contribution is 6.12. The second-order valence-electron chi connectivity index (χ2n) is 6.60. The number of nitrogens with one attached hydrogen (secondary N) is 1. The Morgan fingerprint density at radius 1 is 1.03 bits per heavy atom. The van der Waals surface area contributed by atoms with Crippen LogP contribution in [0.15, 0.2) is 75.8 Å². The summed E-state index contributed by atoms with van der Waals surface area (Å²) in [6, 6.07) is 16.0. The molecule has 0 unspecified atom stereocenters. The van der Waals surface area contributed by atoms with Gasteiger partial charge in [-0.15, -0.1) is 0 Å². The van der Waals surface area contributed by atoms with Crippen molar-refractivity contribution >= 4 is 35.2 Å². The Labute approximate surface area is 175 Å².